The number of hydrogen-bond acceptors (Lipinski definition) is 1. The summed E-state index contributed by atoms with van der Waals surface area (Å²) in [6.07, 6.45) is 0. The quantitative estimate of drug-likeness (QED) is 0.610. The molecular weight excluding hydrogens is 364 g/mol. The van der Waals surface area contributed by atoms with Crippen molar-refractivity contribution in [1.82, 2.24) is 0 Å². The maximum atomic E-state index is 5.82. The molecule has 0 radical (unpaired) electrons. The van der Waals surface area contributed by atoms with Crippen LogP contribution in [-0.2, 0) is 23.3 Å². The van der Waals surface area contributed by atoms with Gasteiger partial charge in [0.25, 0.3) is 0 Å². The Morgan fingerprint density at radius 1 is 1.36 bits per heavy atom. The molecule has 1 aromatic rings. The molecule has 0 saturated carbocycles. The van der Waals surface area contributed by atoms with E-state index in [1.807, 2.05) is 18.2 Å². The van der Waals surface area contributed by atoms with Crippen molar-refractivity contribution in [3.8, 4) is 0 Å². The number of benzene rings is 1. The summed E-state index contributed by atoms with van der Waals surface area (Å²) in [5.41, 5.74) is 1.30. The molecule has 0 amide bonds. The Balaban J connectivity index is 2.61. The standard InChI is InChI=1S/C8H9S.ClH.Hg/c1-7(9)8-5-3-2-4-6-8;;/h2-7,9H,1H2;1H;/q;;+1/p-1. The molecule has 1 unspecified atom stereocenters. The Morgan fingerprint density at radius 3 is 2.55 bits per heavy atom. The van der Waals surface area contributed by atoms with Crippen molar-refractivity contribution in [2.45, 2.75) is 9.18 Å². The predicted molar refractivity (Wildman–Crippen MR) is 48.8 cm³/mol. The summed E-state index contributed by atoms with van der Waals surface area (Å²) in [7, 11) is 5.82. The third-order valence-electron chi connectivity index (χ3n) is 1.57. The molecule has 56 valence electrons. The van der Waals surface area contributed by atoms with Crippen LogP contribution in [0.15, 0.2) is 30.3 Å². The minimum atomic E-state index is -1.01. The van der Waals surface area contributed by atoms with Crippen LogP contribution in [0, 0.1) is 0 Å². The first-order chi connectivity index (χ1) is 5.34. The van der Waals surface area contributed by atoms with E-state index in [-0.39, 0.29) is 0 Å². The average Bonchev–Trinajstić information content (AvgIpc) is 2.07. The van der Waals surface area contributed by atoms with E-state index in [9.17, 15) is 0 Å². The zero-order valence-electron chi connectivity index (χ0n) is 6.20. The summed E-state index contributed by atoms with van der Waals surface area (Å²) in [5.74, 6) is 0. The summed E-state index contributed by atoms with van der Waals surface area (Å²) >= 11 is 3.46. The third-order valence-corrected chi connectivity index (χ3v) is 9.02. The zero-order chi connectivity index (χ0) is 8.10. The van der Waals surface area contributed by atoms with E-state index in [1.54, 1.807) is 0 Å². The van der Waals surface area contributed by atoms with Crippen LogP contribution in [0.1, 0.15) is 10.8 Å². The zero-order valence-corrected chi connectivity index (χ0v) is 13.4. The van der Waals surface area contributed by atoms with Crippen LogP contribution in [0.4, 0.5) is 0 Å². The SMILES string of the molecule is SC([CH2][Hg][Cl])c1ccccc1. The van der Waals surface area contributed by atoms with Gasteiger partial charge in [-0.3, -0.25) is 0 Å². The molecular formula is C8H9ClHgS. The van der Waals surface area contributed by atoms with Crippen molar-refractivity contribution >= 4 is 20.9 Å². The average molecular weight is 373 g/mol. The van der Waals surface area contributed by atoms with Crippen molar-refractivity contribution in [3.63, 3.8) is 0 Å². The molecule has 1 rings (SSSR count). The monoisotopic (exact) mass is 374 g/mol. The minimum absolute atomic E-state index is 0.385. The van der Waals surface area contributed by atoms with Crippen LogP contribution in [0.25, 0.3) is 0 Å². The van der Waals surface area contributed by atoms with Crippen LogP contribution >= 0.6 is 20.9 Å². The van der Waals surface area contributed by atoms with Crippen LogP contribution in [0.2, 0.25) is 3.93 Å². The molecule has 0 fully saturated rings. The Hall–Kier alpha value is 0.795. The topological polar surface area (TPSA) is 0 Å². The van der Waals surface area contributed by atoms with Gasteiger partial charge in [0.1, 0.15) is 0 Å². The van der Waals surface area contributed by atoms with Crippen molar-refractivity contribution in [2.75, 3.05) is 0 Å². The second-order valence-electron chi connectivity index (χ2n) is 2.40. The van der Waals surface area contributed by atoms with Crippen LogP contribution < -0.4 is 0 Å². The van der Waals surface area contributed by atoms with Gasteiger partial charge in [-0.05, 0) is 0 Å². The van der Waals surface area contributed by atoms with Crippen LogP contribution in [0.3, 0.4) is 0 Å². The number of hydrogen-bond donors (Lipinski definition) is 1. The molecule has 0 saturated heterocycles. The Morgan fingerprint density at radius 2 is 2.00 bits per heavy atom. The van der Waals surface area contributed by atoms with Gasteiger partial charge in [0, 0.05) is 0 Å². The Kier molecular flexibility index (Phi) is 4.89. The Labute approximate surface area is 88.6 Å². The number of halogens is 1. The van der Waals surface area contributed by atoms with Gasteiger partial charge >= 0.3 is 89.3 Å². The van der Waals surface area contributed by atoms with E-state index in [0.29, 0.717) is 5.25 Å². The first-order valence-corrected chi connectivity index (χ1v) is 14.8. The van der Waals surface area contributed by atoms with E-state index in [0.717, 1.165) is 3.93 Å². The van der Waals surface area contributed by atoms with Gasteiger partial charge in [-0.15, -0.1) is 0 Å². The van der Waals surface area contributed by atoms with E-state index < -0.39 is 23.3 Å². The molecule has 1 atom stereocenters. The second-order valence-corrected chi connectivity index (χ2v) is 10.1. The van der Waals surface area contributed by atoms with Gasteiger partial charge in [-0.1, -0.05) is 0 Å². The Bertz CT molecular complexity index is 203. The molecule has 0 N–H and O–H groups in total. The van der Waals surface area contributed by atoms with E-state index in [2.05, 4.69) is 24.8 Å². The summed E-state index contributed by atoms with van der Waals surface area (Å²) in [4.78, 5) is 0. The predicted octanol–water partition coefficient (Wildman–Crippen LogP) is 3.31. The normalized spacial score (nSPS) is 12.2. The first kappa shape index (κ1) is 9.88. The molecule has 0 aromatic heterocycles. The molecule has 0 heterocycles. The van der Waals surface area contributed by atoms with Gasteiger partial charge in [-0.25, -0.2) is 0 Å². The summed E-state index contributed by atoms with van der Waals surface area (Å²) in [6.45, 7) is 0. The van der Waals surface area contributed by atoms with Gasteiger partial charge in [0.2, 0.25) is 0 Å². The number of rotatable bonds is 3. The fraction of sp³-hybridized carbons (Fsp3) is 0.250. The fourth-order valence-corrected chi connectivity index (χ4v) is 7.60. The third kappa shape index (κ3) is 3.35. The molecule has 0 bridgehead atoms. The van der Waals surface area contributed by atoms with Gasteiger partial charge < -0.3 is 0 Å². The van der Waals surface area contributed by atoms with Crippen molar-refractivity contribution in [2.24, 2.45) is 0 Å². The van der Waals surface area contributed by atoms with Crippen molar-refractivity contribution < 1.29 is 23.3 Å². The van der Waals surface area contributed by atoms with E-state index in [1.165, 1.54) is 5.56 Å². The van der Waals surface area contributed by atoms with Gasteiger partial charge in [0.15, 0.2) is 0 Å². The fourth-order valence-electron chi connectivity index (χ4n) is 0.945. The van der Waals surface area contributed by atoms with Crippen molar-refractivity contribution in [3.05, 3.63) is 35.9 Å². The molecule has 1 aromatic carbocycles. The summed E-state index contributed by atoms with van der Waals surface area (Å²) in [5, 5.41) is 0.385. The van der Waals surface area contributed by atoms with Crippen LogP contribution in [-0.4, -0.2) is 0 Å². The maximum absolute atomic E-state index is 5.82. The molecule has 0 spiro atoms. The summed E-state index contributed by atoms with van der Waals surface area (Å²) < 4.78 is 1.15. The molecule has 0 aliphatic heterocycles. The molecule has 0 nitrogen and oxygen atoms in total. The first-order valence-electron chi connectivity index (χ1n) is 3.63. The van der Waals surface area contributed by atoms with Crippen LogP contribution in [0.5, 0.6) is 0 Å². The number of thiol groups is 1. The molecule has 0 aliphatic rings. The summed E-state index contributed by atoms with van der Waals surface area (Å²) in [6, 6.07) is 10.3. The second kappa shape index (κ2) is 5.44. The molecule has 3 heteroatoms. The van der Waals surface area contributed by atoms with E-state index in [4.69, 9.17) is 8.25 Å². The van der Waals surface area contributed by atoms with Gasteiger partial charge in [0.05, 0.1) is 0 Å². The molecule has 11 heavy (non-hydrogen) atoms. The van der Waals surface area contributed by atoms with Crippen molar-refractivity contribution in [1.29, 1.82) is 0 Å². The van der Waals surface area contributed by atoms with Gasteiger partial charge in [-0.2, -0.15) is 0 Å². The van der Waals surface area contributed by atoms with E-state index >= 15 is 0 Å². The molecule has 0 aliphatic carbocycles.